The number of esters is 1. The molecule has 0 aliphatic rings. The van der Waals surface area contributed by atoms with Crippen molar-refractivity contribution in [1.29, 1.82) is 0 Å². The first-order valence-electron chi connectivity index (χ1n) is 6.15. The minimum atomic E-state index is -1.35. The first kappa shape index (κ1) is 16.0. The van der Waals surface area contributed by atoms with Gasteiger partial charge in [-0.2, -0.15) is 4.39 Å². The Morgan fingerprint density at radius 3 is 2.60 bits per heavy atom. The van der Waals surface area contributed by atoms with E-state index in [9.17, 15) is 18.4 Å². The summed E-state index contributed by atoms with van der Waals surface area (Å²) in [5.74, 6) is -4.07. The molecule has 0 atom stereocenters. The second kappa shape index (κ2) is 6.93. The maximum absolute atomic E-state index is 13.6. The summed E-state index contributed by atoms with van der Waals surface area (Å²) in [6.07, 6.45) is 0.995. The van der Waals surface area contributed by atoms with Crippen molar-refractivity contribution in [2.24, 2.45) is 0 Å². The van der Waals surface area contributed by atoms with E-state index in [1.807, 2.05) is 0 Å². The molecule has 1 aromatic heterocycles. The molecule has 5 nitrogen and oxygen atoms in total. The van der Waals surface area contributed by atoms with Gasteiger partial charge in [-0.05, 0) is 26.8 Å². The van der Waals surface area contributed by atoms with Gasteiger partial charge in [0.2, 0.25) is 5.95 Å². The van der Waals surface area contributed by atoms with E-state index in [0.717, 1.165) is 17.2 Å². The van der Waals surface area contributed by atoms with Crippen LogP contribution in [0.25, 0.3) is 0 Å². The van der Waals surface area contributed by atoms with Gasteiger partial charge in [0.05, 0.1) is 12.2 Å². The summed E-state index contributed by atoms with van der Waals surface area (Å²) in [5, 5.41) is 0. The molecule has 20 heavy (non-hydrogen) atoms. The third-order valence-electron chi connectivity index (χ3n) is 2.57. The molecule has 0 unspecified atom stereocenters. The number of carbonyl (C=O) groups is 2. The van der Waals surface area contributed by atoms with Gasteiger partial charge < -0.3 is 9.64 Å². The quantitative estimate of drug-likeness (QED) is 0.611. The molecule has 7 heteroatoms. The number of amides is 1. The molecule has 0 saturated heterocycles. The summed E-state index contributed by atoms with van der Waals surface area (Å²) in [6.45, 7) is 4.81. The summed E-state index contributed by atoms with van der Waals surface area (Å²) >= 11 is 0. The highest BCUT2D eigenvalue weighted by Crippen LogP contribution is 2.14. The monoisotopic (exact) mass is 286 g/mol. The normalized spacial score (nSPS) is 10.5. The lowest BCUT2D eigenvalue weighted by Gasteiger charge is -2.25. The SMILES string of the molecule is CCOC(=O)CN(C(=O)c1ccnc(F)c1F)C(C)C. The molecule has 0 radical (unpaired) electrons. The summed E-state index contributed by atoms with van der Waals surface area (Å²) < 4.78 is 31.3. The number of nitrogens with zero attached hydrogens (tertiary/aromatic N) is 2. The standard InChI is InChI=1S/C13H16F2N2O3/c1-4-20-10(18)7-17(8(2)3)13(19)9-5-6-16-12(15)11(9)14/h5-6,8H,4,7H2,1-3H3. The Balaban J connectivity index is 3.00. The van der Waals surface area contributed by atoms with Crippen molar-refractivity contribution in [3.63, 3.8) is 0 Å². The minimum absolute atomic E-state index is 0.178. The number of hydrogen-bond donors (Lipinski definition) is 0. The molecule has 1 heterocycles. The minimum Gasteiger partial charge on any atom is -0.465 e. The number of rotatable bonds is 5. The molecule has 0 aromatic carbocycles. The number of aromatic nitrogens is 1. The van der Waals surface area contributed by atoms with Crippen molar-refractivity contribution in [3.8, 4) is 0 Å². The van der Waals surface area contributed by atoms with Crippen LogP contribution in [0.2, 0.25) is 0 Å². The summed E-state index contributed by atoms with van der Waals surface area (Å²) in [4.78, 5) is 27.9. The Hall–Kier alpha value is -2.05. The van der Waals surface area contributed by atoms with Gasteiger partial charge in [-0.3, -0.25) is 9.59 Å². The van der Waals surface area contributed by atoms with Gasteiger partial charge in [-0.25, -0.2) is 9.37 Å². The molecule has 1 amide bonds. The molecule has 0 N–H and O–H groups in total. The molecular weight excluding hydrogens is 270 g/mol. The Labute approximate surface area is 115 Å². The Bertz CT molecular complexity index is 506. The van der Waals surface area contributed by atoms with Crippen LogP contribution in [0, 0.1) is 11.8 Å². The van der Waals surface area contributed by atoms with Crippen LogP contribution in [0.4, 0.5) is 8.78 Å². The van der Waals surface area contributed by atoms with Crippen LogP contribution in [0.5, 0.6) is 0 Å². The predicted octanol–water partition coefficient (Wildman–Crippen LogP) is 1.77. The number of ether oxygens (including phenoxy) is 1. The number of halogens is 2. The van der Waals surface area contributed by atoms with Gasteiger partial charge in [0, 0.05) is 12.2 Å². The molecule has 0 fully saturated rings. The summed E-state index contributed by atoms with van der Waals surface area (Å²) in [6, 6.07) is 0.698. The molecule has 0 bridgehead atoms. The number of hydrogen-bond acceptors (Lipinski definition) is 4. The number of pyridine rings is 1. The van der Waals surface area contributed by atoms with Crippen molar-refractivity contribution in [2.45, 2.75) is 26.8 Å². The second-order valence-electron chi connectivity index (χ2n) is 4.30. The van der Waals surface area contributed by atoms with Crippen molar-refractivity contribution in [1.82, 2.24) is 9.88 Å². The van der Waals surface area contributed by atoms with Crippen molar-refractivity contribution in [2.75, 3.05) is 13.2 Å². The molecule has 1 rings (SSSR count). The largest absolute Gasteiger partial charge is 0.465 e. The highest BCUT2D eigenvalue weighted by atomic mass is 19.2. The van der Waals surface area contributed by atoms with Gasteiger partial charge in [0.15, 0.2) is 5.82 Å². The molecule has 0 saturated carbocycles. The van der Waals surface area contributed by atoms with Crippen molar-refractivity contribution in [3.05, 3.63) is 29.6 Å². The van der Waals surface area contributed by atoms with Gasteiger partial charge in [-0.15, -0.1) is 0 Å². The van der Waals surface area contributed by atoms with Gasteiger partial charge in [0.1, 0.15) is 6.54 Å². The van der Waals surface area contributed by atoms with E-state index in [1.165, 1.54) is 0 Å². The Morgan fingerprint density at radius 1 is 1.40 bits per heavy atom. The molecule has 1 aromatic rings. The van der Waals surface area contributed by atoms with Crippen LogP contribution in [-0.4, -0.2) is 41.0 Å². The zero-order valence-corrected chi connectivity index (χ0v) is 11.5. The van der Waals surface area contributed by atoms with E-state index in [-0.39, 0.29) is 19.2 Å². The molecule has 0 aliphatic heterocycles. The molecule has 0 spiro atoms. The van der Waals surface area contributed by atoms with Crippen LogP contribution >= 0.6 is 0 Å². The third kappa shape index (κ3) is 3.72. The average molecular weight is 286 g/mol. The van der Waals surface area contributed by atoms with Gasteiger partial charge in [0.25, 0.3) is 5.91 Å². The van der Waals surface area contributed by atoms with Crippen LogP contribution in [0.1, 0.15) is 31.1 Å². The van der Waals surface area contributed by atoms with E-state index >= 15 is 0 Å². The lowest BCUT2D eigenvalue weighted by molar-refractivity contribution is -0.144. The van der Waals surface area contributed by atoms with Gasteiger partial charge >= 0.3 is 5.97 Å². The van der Waals surface area contributed by atoms with Crippen LogP contribution in [0.3, 0.4) is 0 Å². The van der Waals surface area contributed by atoms with E-state index in [4.69, 9.17) is 4.74 Å². The maximum Gasteiger partial charge on any atom is 0.325 e. The average Bonchev–Trinajstić information content (AvgIpc) is 2.38. The second-order valence-corrected chi connectivity index (χ2v) is 4.30. The molecule has 110 valence electrons. The fourth-order valence-corrected chi connectivity index (χ4v) is 1.57. The first-order chi connectivity index (χ1) is 9.38. The third-order valence-corrected chi connectivity index (χ3v) is 2.57. The van der Waals surface area contributed by atoms with Crippen LogP contribution in [0.15, 0.2) is 12.3 Å². The first-order valence-corrected chi connectivity index (χ1v) is 6.15. The molecular formula is C13H16F2N2O3. The fraction of sp³-hybridized carbons (Fsp3) is 0.462. The zero-order chi connectivity index (χ0) is 15.3. The predicted molar refractivity (Wildman–Crippen MR) is 67.0 cm³/mol. The smallest absolute Gasteiger partial charge is 0.325 e. The Morgan fingerprint density at radius 2 is 2.05 bits per heavy atom. The van der Waals surface area contributed by atoms with Gasteiger partial charge in [-0.1, -0.05) is 0 Å². The Kier molecular flexibility index (Phi) is 5.54. The molecule has 0 aliphatic carbocycles. The highest BCUT2D eigenvalue weighted by Gasteiger charge is 2.26. The number of carbonyl (C=O) groups excluding carboxylic acids is 2. The fourth-order valence-electron chi connectivity index (χ4n) is 1.57. The van der Waals surface area contributed by atoms with E-state index in [1.54, 1.807) is 20.8 Å². The van der Waals surface area contributed by atoms with E-state index in [2.05, 4.69) is 4.98 Å². The van der Waals surface area contributed by atoms with Crippen molar-refractivity contribution < 1.29 is 23.1 Å². The van der Waals surface area contributed by atoms with E-state index in [0.29, 0.717) is 0 Å². The lowest BCUT2D eigenvalue weighted by atomic mass is 10.2. The highest BCUT2D eigenvalue weighted by molar-refractivity contribution is 5.96. The lowest BCUT2D eigenvalue weighted by Crippen LogP contribution is -2.41. The summed E-state index contributed by atoms with van der Waals surface area (Å²) in [5.41, 5.74) is -0.463. The van der Waals surface area contributed by atoms with Crippen molar-refractivity contribution >= 4 is 11.9 Å². The topological polar surface area (TPSA) is 59.5 Å². The van der Waals surface area contributed by atoms with Crippen LogP contribution in [-0.2, 0) is 9.53 Å². The zero-order valence-electron chi connectivity index (χ0n) is 11.5. The maximum atomic E-state index is 13.6. The summed E-state index contributed by atoms with van der Waals surface area (Å²) in [7, 11) is 0. The van der Waals surface area contributed by atoms with Crippen LogP contribution < -0.4 is 0 Å². The van der Waals surface area contributed by atoms with E-state index < -0.39 is 29.2 Å².